The maximum atomic E-state index is 11.5. The van der Waals surface area contributed by atoms with Crippen LogP contribution >= 0.6 is 0 Å². The van der Waals surface area contributed by atoms with Crippen molar-refractivity contribution in [3.05, 3.63) is 0 Å². The van der Waals surface area contributed by atoms with Crippen LogP contribution < -0.4 is 10.6 Å². The molecule has 17 heavy (non-hydrogen) atoms. The lowest BCUT2D eigenvalue weighted by atomic mass is 10.1. The van der Waals surface area contributed by atoms with Crippen molar-refractivity contribution in [2.75, 3.05) is 26.7 Å². The number of carboxylic acid groups (broad SMARTS) is 1. The minimum absolute atomic E-state index is 0.0918. The van der Waals surface area contributed by atoms with E-state index in [0.717, 1.165) is 25.9 Å². The Bertz CT molecular complexity index is 263. The Hall–Kier alpha value is -1.30. The van der Waals surface area contributed by atoms with Gasteiger partial charge in [-0.15, -0.1) is 0 Å². The molecule has 0 aromatic heterocycles. The first-order chi connectivity index (χ1) is 8.08. The van der Waals surface area contributed by atoms with Crippen molar-refractivity contribution in [3.63, 3.8) is 0 Å². The topological polar surface area (TPSA) is 81.7 Å². The molecule has 3 N–H and O–H groups in total. The number of nitrogens with one attached hydrogen (secondary N) is 2. The summed E-state index contributed by atoms with van der Waals surface area (Å²) in [6.45, 7) is 2.42. The van der Waals surface area contributed by atoms with E-state index < -0.39 is 5.97 Å². The number of amides is 2. The van der Waals surface area contributed by atoms with Gasteiger partial charge in [-0.2, -0.15) is 0 Å². The number of carboxylic acids is 1. The molecular weight excluding hydrogens is 222 g/mol. The minimum atomic E-state index is -0.831. The second-order valence-corrected chi connectivity index (χ2v) is 4.48. The number of urea groups is 1. The fourth-order valence-electron chi connectivity index (χ4n) is 1.83. The summed E-state index contributed by atoms with van der Waals surface area (Å²) in [5.74, 6) is -0.831. The number of nitrogens with zero attached hydrogens (tertiary/aromatic N) is 1. The van der Waals surface area contributed by atoms with E-state index in [-0.39, 0.29) is 18.5 Å². The third-order valence-electron chi connectivity index (χ3n) is 2.91. The molecule has 0 aromatic carbocycles. The van der Waals surface area contributed by atoms with Crippen LogP contribution in [0.25, 0.3) is 0 Å². The lowest BCUT2D eigenvalue weighted by Gasteiger charge is -2.29. The molecule has 0 radical (unpaired) electrons. The molecule has 0 aromatic rings. The number of carbonyl (C=O) groups is 2. The van der Waals surface area contributed by atoms with Crippen LogP contribution in [0.15, 0.2) is 0 Å². The van der Waals surface area contributed by atoms with Crippen LogP contribution in [0.4, 0.5) is 4.79 Å². The Labute approximate surface area is 101 Å². The van der Waals surface area contributed by atoms with Gasteiger partial charge >= 0.3 is 12.0 Å². The first-order valence-electron chi connectivity index (χ1n) is 6.02. The highest BCUT2D eigenvalue weighted by molar-refractivity contribution is 5.74. The normalized spacial score (nSPS) is 17.7. The highest BCUT2D eigenvalue weighted by atomic mass is 16.4. The third kappa shape index (κ3) is 6.11. The van der Waals surface area contributed by atoms with E-state index in [2.05, 4.69) is 22.6 Å². The zero-order chi connectivity index (χ0) is 12.7. The number of likely N-dealkylation sites (tertiary alicyclic amines) is 1. The molecule has 1 aliphatic rings. The maximum Gasteiger partial charge on any atom is 0.315 e. The van der Waals surface area contributed by atoms with Gasteiger partial charge in [-0.3, -0.25) is 4.79 Å². The molecular formula is C11H21N3O3. The van der Waals surface area contributed by atoms with Crippen molar-refractivity contribution in [1.82, 2.24) is 15.5 Å². The standard InChI is InChI=1S/C11H21N3O3/c1-14-7-4-9(5-8-14)13-11(17)12-6-2-3-10(15)16/h9H,2-8H2,1H3,(H,15,16)(H2,12,13,17). The van der Waals surface area contributed by atoms with Gasteiger partial charge in [-0.05, 0) is 39.4 Å². The average molecular weight is 243 g/mol. The summed E-state index contributed by atoms with van der Waals surface area (Å²) in [5, 5.41) is 14.0. The summed E-state index contributed by atoms with van der Waals surface area (Å²) in [6.07, 6.45) is 2.50. The Morgan fingerprint density at radius 1 is 1.35 bits per heavy atom. The van der Waals surface area contributed by atoms with E-state index in [0.29, 0.717) is 13.0 Å². The molecule has 98 valence electrons. The number of rotatable bonds is 5. The Morgan fingerprint density at radius 2 is 2.00 bits per heavy atom. The van der Waals surface area contributed by atoms with Gasteiger partial charge < -0.3 is 20.6 Å². The van der Waals surface area contributed by atoms with Gasteiger partial charge in [0.25, 0.3) is 0 Å². The number of hydrogen-bond donors (Lipinski definition) is 3. The average Bonchev–Trinajstić information content (AvgIpc) is 2.27. The maximum absolute atomic E-state index is 11.5. The highest BCUT2D eigenvalue weighted by Crippen LogP contribution is 2.07. The monoisotopic (exact) mass is 243 g/mol. The van der Waals surface area contributed by atoms with E-state index in [1.165, 1.54) is 0 Å². The smallest absolute Gasteiger partial charge is 0.315 e. The van der Waals surface area contributed by atoms with E-state index in [1.54, 1.807) is 0 Å². The van der Waals surface area contributed by atoms with E-state index in [4.69, 9.17) is 5.11 Å². The number of carbonyl (C=O) groups excluding carboxylic acids is 1. The van der Waals surface area contributed by atoms with Gasteiger partial charge in [0, 0.05) is 19.0 Å². The molecule has 6 nitrogen and oxygen atoms in total. The number of aliphatic carboxylic acids is 1. The molecule has 6 heteroatoms. The molecule has 0 unspecified atom stereocenters. The summed E-state index contributed by atoms with van der Waals surface area (Å²) in [7, 11) is 2.07. The molecule has 0 spiro atoms. The van der Waals surface area contributed by atoms with Crippen molar-refractivity contribution in [3.8, 4) is 0 Å². The summed E-state index contributed by atoms with van der Waals surface area (Å²) in [6, 6.07) is 0.0515. The molecule has 1 saturated heterocycles. The molecule has 1 aliphatic heterocycles. The van der Waals surface area contributed by atoms with E-state index in [1.807, 2.05) is 0 Å². The Balaban J connectivity index is 2.06. The van der Waals surface area contributed by atoms with E-state index >= 15 is 0 Å². The van der Waals surface area contributed by atoms with Crippen LogP contribution in [0.2, 0.25) is 0 Å². The van der Waals surface area contributed by atoms with Gasteiger partial charge in [0.05, 0.1) is 0 Å². The largest absolute Gasteiger partial charge is 0.481 e. The quantitative estimate of drug-likeness (QED) is 0.604. The van der Waals surface area contributed by atoms with Crippen molar-refractivity contribution in [2.45, 2.75) is 31.7 Å². The molecule has 1 fully saturated rings. The summed E-state index contributed by atoms with van der Waals surface area (Å²) in [5.41, 5.74) is 0. The molecule has 0 saturated carbocycles. The van der Waals surface area contributed by atoms with Crippen LogP contribution in [0, 0.1) is 0 Å². The second-order valence-electron chi connectivity index (χ2n) is 4.48. The predicted octanol–water partition coefficient (Wildman–Crippen LogP) is 0.245. The molecule has 1 heterocycles. The van der Waals surface area contributed by atoms with Crippen molar-refractivity contribution >= 4 is 12.0 Å². The first kappa shape index (κ1) is 13.8. The zero-order valence-corrected chi connectivity index (χ0v) is 10.2. The van der Waals surface area contributed by atoms with Crippen LogP contribution in [-0.4, -0.2) is 54.7 Å². The molecule has 0 aliphatic carbocycles. The molecule has 1 rings (SSSR count). The lowest BCUT2D eigenvalue weighted by Crippen LogP contribution is -2.47. The van der Waals surface area contributed by atoms with Crippen LogP contribution in [0.1, 0.15) is 25.7 Å². The predicted molar refractivity (Wildman–Crippen MR) is 63.9 cm³/mol. The van der Waals surface area contributed by atoms with Crippen LogP contribution in [0.5, 0.6) is 0 Å². The Kier molecular flexibility index (Phi) is 5.76. The lowest BCUT2D eigenvalue weighted by molar-refractivity contribution is -0.137. The summed E-state index contributed by atoms with van der Waals surface area (Å²) >= 11 is 0. The van der Waals surface area contributed by atoms with Gasteiger partial charge in [-0.1, -0.05) is 0 Å². The van der Waals surface area contributed by atoms with Crippen molar-refractivity contribution < 1.29 is 14.7 Å². The van der Waals surface area contributed by atoms with Crippen LogP contribution in [0.3, 0.4) is 0 Å². The Morgan fingerprint density at radius 3 is 2.59 bits per heavy atom. The molecule has 0 atom stereocenters. The summed E-state index contributed by atoms with van der Waals surface area (Å²) in [4.78, 5) is 24.0. The minimum Gasteiger partial charge on any atom is -0.481 e. The molecule has 2 amide bonds. The van der Waals surface area contributed by atoms with E-state index in [9.17, 15) is 9.59 Å². The fraction of sp³-hybridized carbons (Fsp3) is 0.818. The highest BCUT2D eigenvalue weighted by Gasteiger charge is 2.17. The van der Waals surface area contributed by atoms with Gasteiger partial charge in [0.15, 0.2) is 0 Å². The first-order valence-corrected chi connectivity index (χ1v) is 6.02. The second kappa shape index (κ2) is 7.11. The van der Waals surface area contributed by atoms with Gasteiger partial charge in [0.2, 0.25) is 0 Å². The SMILES string of the molecule is CN1CCC(NC(=O)NCCCC(=O)O)CC1. The van der Waals surface area contributed by atoms with Crippen molar-refractivity contribution in [1.29, 1.82) is 0 Å². The van der Waals surface area contributed by atoms with Crippen molar-refractivity contribution in [2.24, 2.45) is 0 Å². The van der Waals surface area contributed by atoms with Gasteiger partial charge in [-0.25, -0.2) is 4.79 Å². The van der Waals surface area contributed by atoms with Gasteiger partial charge in [0.1, 0.15) is 0 Å². The number of piperidine rings is 1. The zero-order valence-electron chi connectivity index (χ0n) is 10.2. The molecule has 0 bridgehead atoms. The van der Waals surface area contributed by atoms with Crippen LogP contribution in [-0.2, 0) is 4.79 Å². The summed E-state index contributed by atoms with van der Waals surface area (Å²) < 4.78 is 0. The number of hydrogen-bond acceptors (Lipinski definition) is 3. The third-order valence-corrected chi connectivity index (χ3v) is 2.91. The fourth-order valence-corrected chi connectivity index (χ4v) is 1.83.